The van der Waals surface area contributed by atoms with Gasteiger partial charge in [-0.1, -0.05) is 6.07 Å². The summed E-state index contributed by atoms with van der Waals surface area (Å²) in [6.07, 6.45) is 1.70. The van der Waals surface area contributed by atoms with E-state index in [0.29, 0.717) is 62.2 Å². The molecule has 9 nitrogen and oxygen atoms in total. The first-order valence-electron chi connectivity index (χ1n) is 13.6. The average Bonchev–Trinajstić information content (AvgIpc) is 3.48. The Hall–Kier alpha value is -3.92. The van der Waals surface area contributed by atoms with Crippen LogP contribution >= 0.6 is 0 Å². The Labute approximate surface area is 233 Å². The summed E-state index contributed by atoms with van der Waals surface area (Å²) in [7, 11) is 3.20. The van der Waals surface area contributed by atoms with Crippen LogP contribution in [0.1, 0.15) is 35.7 Å². The van der Waals surface area contributed by atoms with Crippen LogP contribution in [0.2, 0.25) is 0 Å². The molecular formula is C30H35FN4O5. The van der Waals surface area contributed by atoms with Crippen LogP contribution in [-0.2, 0) is 16.1 Å². The molecule has 2 aliphatic heterocycles. The van der Waals surface area contributed by atoms with Crippen LogP contribution in [0, 0.1) is 5.82 Å². The van der Waals surface area contributed by atoms with Crippen LogP contribution in [0.5, 0.6) is 11.5 Å². The molecule has 40 heavy (non-hydrogen) atoms. The number of halogens is 1. The van der Waals surface area contributed by atoms with Gasteiger partial charge < -0.3 is 28.9 Å². The first kappa shape index (κ1) is 27.6. The number of carbonyl (C=O) groups excluding carboxylic acids is 2. The number of aromatic nitrogens is 1. The molecule has 1 atom stereocenters. The van der Waals surface area contributed by atoms with Gasteiger partial charge in [0.1, 0.15) is 28.7 Å². The van der Waals surface area contributed by atoms with Gasteiger partial charge >= 0.3 is 0 Å². The minimum absolute atomic E-state index is 0.0428. The second-order valence-corrected chi connectivity index (χ2v) is 10.2. The Morgan fingerprint density at radius 1 is 1.07 bits per heavy atom. The Kier molecular flexibility index (Phi) is 8.35. The molecule has 2 aliphatic rings. The molecule has 1 aromatic heterocycles. The lowest BCUT2D eigenvalue weighted by Gasteiger charge is -2.36. The number of amides is 2. The predicted octanol–water partition coefficient (Wildman–Crippen LogP) is 3.88. The number of nitrogens with zero attached hydrogens (tertiary/aromatic N) is 4. The number of ether oxygens (including phenoxy) is 3. The molecule has 0 radical (unpaired) electrons. The van der Waals surface area contributed by atoms with Gasteiger partial charge in [-0.05, 0) is 49.2 Å². The molecule has 0 saturated carbocycles. The van der Waals surface area contributed by atoms with Crippen molar-refractivity contribution in [1.82, 2.24) is 14.8 Å². The largest absolute Gasteiger partial charge is 0.496 e. The number of anilines is 1. The summed E-state index contributed by atoms with van der Waals surface area (Å²) in [4.78, 5) is 36.5. The highest BCUT2D eigenvalue weighted by Crippen LogP contribution is 2.36. The number of hydrogen-bond donors (Lipinski definition) is 0. The molecule has 1 unspecified atom stereocenters. The van der Waals surface area contributed by atoms with Gasteiger partial charge in [0.2, 0.25) is 5.91 Å². The molecule has 2 fully saturated rings. The highest BCUT2D eigenvalue weighted by molar-refractivity contribution is 5.95. The Morgan fingerprint density at radius 3 is 2.48 bits per heavy atom. The number of fused-ring (bicyclic) bond motifs is 1. The molecule has 3 heterocycles. The molecule has 212 valence electrons. The Morgan fingerprint density at radius 2 is 1.82 bits per heavy atom. The maximum Gasteiger partial charge on any atom is 0.254 e. The predicted molar refractivity (Wildman–Crippen MR) is 149 cm³/mol. The third-order valence-electron chi connectivity index (χ3n) is 7.60. The summed E-state index contributed by atoms with van der Waals surface area (Å²) in [5.74, 6) is 1.27. The summed E-state index contributed by atoms with van der Waals surface area (Å²) >= 11 is 0. The van der Waals surface area contributed by atoms with Crippen molar-refractivity contribution in [1.29, 1.82) is 0 Å². The number of hydrogen-bond acceptors (Lipinski definition) is 7. The molecule has 10 heteroatoms. The number of piperazine rings is 1. The average molecular weight is 551 g/mol. The second-order valence-electron chi connectivity index (χ2n) is 10.2. The van der Waals surface area contributed by atoms with E-state index in [0.717, 1.165) is 23.8 Å². The molecule has 0 bridgehead atoms. The van der Waals surface area contributed by atoms with Crippen molar-refractivity contribution in [2.75, 3.05) is 58.5 Å². The molecule has 3 aromatic rings. The fraction of sp³-hybridized carbons (Fsp3) is 0.433. The molecule has 0 aliphatic carbocycles. The molecular weight excluding hydrogens is 515 g/mol. The Balaban J connectivity index is 1.58. The van der Waals surface area contributed by atoms with Crippen molar-refractivity contribution < 1.29 is 28.2 Å². The summed E-state index contributed by atoms with van der Waals surface area (Å²) in [5, 5.41) is 0.762. The van der Waals surface area contributed by atoms with E-state index in [4.69, 9.17) is 19.2 Å². The van der Waals surface area contributed by atoms with E-state index in [9.17, 15) is 14.0 Å². The van der Waals surface area contributed by atoms with Crippen LogP contribution in [0.25, 0.3) is 10.9 Å². The summed E-state index contributed by atoms with van der Waals surface area (Å²) in [6.45, 7) is 5.19. The van der Waals surface area contributed by atoms with Crippen LogP contribution in [-0.4, -0.2) is 86.3 Å². The van der Waals surface area contributed by atoms with Gasteiger partial charge in [0.05, 0.1) is 20.3 Å². The van der Waals surface area contributed by atoms with Gasteiger partial charge in [-0.15, -0.1) is 0 Å². The summed E-state index contributed by atoms with van der Waals surface area (Å²) in [6, 6.07) is 11.4. The van der Waals surface area contributed by atoms with Gasteiger partial charge in [-0.2, -0.15) is 0 Å². The minimum Gasteiger partial charge on any atom is -0.496 e. The lowest BCUT2D eigenvalue weighted by molar-refractivity contribution is -0.129. The number of carbonyl (C=O) groups is 2. The Bertz CT molecular complexity index is 1390. The third kappa shape index (κ3) is 5.82. The normalized spacial score (nSPS) is 17.2. The van der Waals surface area contributed by atoms with E-state index in [-0.39, 0.29) is 30.0 Å². The van der Waals surface area contributed by atoms with Crippen molar-refractivity contribution in [3.63, 3.8) is 0 Å². The van der Waals surface area contributed by atoms with Gasteiger partial charge in [0.15, 0.2) is 0 Å². The number of pyridine rings is 1. The van der Waals surface area contributed by atoms with Crippen molar-refractivity contribution in [3.8, 4) is 11.5 Å². The van der Waals surface area contributed by atoms with Crippen LogP contribution in [0.3, 0.4) is 0 Å². The summed E-state index contributed by atoms with van der Waals surface area (Å²) in [5.41, 5.74) is 1.75. The lowest BCUT2D eigenvalue weighted by atomic mass is 10.1. The van der Waals surface area contributed by atoms with Crippen molar-refractivity contribution in [2.24, 2.45) is 0 Å². The topological polar surface area (TPSA) is 84.4 Å². The van der Waals surface area contributed by atoms with Crippen molar-refractivity contribution >= 4 is 28.5 Å². The third-order valence-corrected chi connectivity index (χ3v) is 7.60. The van der Waals surface area contributed by atoms with Gasteiger partial charge in [0, 0.05) is 69.3 Å². The van der Waals surface area contributed by atoms with Crippen molar-refractivity contribution in [3.05, 3.63) is 59.4 Å². The molecule has 0 N–H and O–H groups in total. The van der Waals surface area contributed by atoms with Crippen LogP contribution < -0.4 is 14.4 Å². The minimum atomic E-state index is -0.462. The molecule has 2 amide bonds. The van der Waals surface area contributed by atoms with Crippen LogP contribution in [0.15, 0.2) is 42.5 Å². The van der Waals surface area contributed by atoms with E-state index >= 15 is 0 Å². The fourth-order valence-corrected chi connectivity index (χ4v) is 5.47. The van der Waals surface area contributed by atoms with Crippen molar-refractivity contribution in [2.45, 2.75) is 32.4 Å². The van der Waals surface area contributed by atoms with E-state index in [2.05, 4.69) is 4.90 Å². The molecule has 2 aromatic carbocycles. The lowest BCUT2D eigenvalue weighted by Crippen LogP contribution is -2.48. The highest BCUT2D eigenvalue weighted by Gasteiger charge is 2.28. The van der Waals surface area contributed by atoms with Gasteiger partial charge in [-0.25, -0.2) is 9.37 Å². The highest BCUT2D eigenvalue weighted by atomic mass is 19.1. The van der Waals surface area contributed by atoms with E-state index in [1.807, 2.05) is 23.1 Å². The number of benzene rings is 2. The number of rotatable bonds is 8. The zero-order chi connectivity index (χ0) is 28.2. The molecule has 5 rings (SSSR count). The monoisotopic (exact) mass is 550 g/mol. The second kappa shape index (κ2) is 12.1. The zero-order valence-electron chi connectivity index (χ0n) is 23.2. The summed E-state index contributed by atoms with van der Waals surface area (Å²) < 4.78 is 31.2. The van der Waals surface area contributed by atoms with E-state index in [1.54, 1.807) is 38.2 Å². The van der Waals surface area contributed by atoms with E-state index < -0.39 is 5.82 Å². The standard InChI is InChI=1S/C30H35FN4O5/c1-20(36)33-11-13-34(14-12-33)29-22(17-25-26(38-2)9-10-27(39-3)28(25)32-29)18-35(19-24-8-5-15-40-24)30(37)21-6-4-7-23(31)16-21/h4,6-7,9-10,16-17,24H,5,8,11-15,18-19H2,1-3H3. The first-order chi connectivity index (χ1) is 19.4. The van der Waals surface area contributed by atoms with E-state index in [1.165, 1.54) is 12.1 Å². The number of methoxy groups -OCH3 is 2. The molecule has 0 spiro atoms. The smallest absolute Gasteiger partial charge is 0.254 e. The zero-order valence-corrected chi connectivity index (χ0v) is 23.2. The maximum atomic E-state index is 14.1. The SMILES string of the molecule is COc1ccc(OC)c2nc(N3CCN(C(C)=O)CC3)c(CN(CC3CCCO3)C(=O)c3cccc(F)c3)cc12. The fourth-order valence-electron chi connectivity index (χ4n) is 5.47. The maximum absolute atomic E-state index is 14.1. The quantitative estimate of drug-likeness (QED) is 0.421. The van der Waals surface area contributed by atoms with Crippen LogP contribution in [0.4, 0.5) is 10.2 Å². The first-order valence-corrected chi connectivity index (χ1v) is 13.6. The van der Waals surface area contributed by atoms with Gasteiger partial charge in [-0.3, -0.25) is 9.59 Å². The van der Waals surface area contributed by atoms with Gasteiger partial charge in [0.25, 0.3) is 5.91 Å². The molecule has 2 saturated heterocycles.